The first-order chi connectivity index (χ1) is 12.0. The lowest BCUT2D eigenvalue weighted by atomic mass is 9.77. The molecule has 1 saturated heterocycles. The van der Waals surface area contributed by atoms with E-state index in [4.69, 9.17) is 9.31 Å². The molecule has 2 heterocycles. The normalized spacial score (nSPS) is 18.0. The van der Waals surface area contributed by atoms with E-state index in [1.165, 1.54) is 18.4 Å². The Morgan fingerprint density at radius 2 is 1.88 bits per heavy atom. The SMILES string of the molecule is C=C1OB(c2c(C3CCCC3)c3ccc(C(=O)O)cc3n2C)OC1=C. The van der Waals surface area contributed by atoms with Gasteiger partial charge in [0.1, 0.15) is 11.5 Å². The number of nitrogens with zero attached hydrogens (tertiary/aromatic N) is 1. The van der Waals surface area contributed by atoms with E-state index in [2.05, 4.69) is 13.2 Å². The second kappa shape index (κ2) is 5.72. The van der Waals surface area contributed by atoms with Crippen molar-refractivity contribution in [1.29, 1.82) is 0 Å². The summed E-state index contributed by atoms with van der Waals surface area (Å²) in [5.74, 6) is 0.392. The minimum absolute atomic E-state index is 0.278. The Kier molecular flexibility index (Phi) is 3.63. The lowest BCUT2D eigenvalue weighted by molar-refractivity contribution is 0.0697. The Morgan fingerprint density at radius 3 is 2.48 bits per heavy atom. The number of carbonyl (C=O) groups is 1. The number of carboxylic acids is 1. The second-order valence-electron chi connectivity index (χ2n) is 6.79. The van der Waals surface area contributed by atoms with Gasteiger partial charge in [0.05, 0.1) is 11.2 Å². The standard InChI is InChI=1S/C19H20BNO4/c1-11-12(2)25-20(24-11)18-17(13-6-4-5-7-13)15-9-8-14(19(22)23)10-16(15)21(18)3/h8-10,13H,1-2,4-7H2,3H3,(H,22,23). The largest absolute Gasteiger partial charge is 0.650 e. The topological polar surface area (TPSA) is 60.7 Å². The van der Waals surface area contributed by atoms with E-state index in [1.54, 1.807) is 12.1 Å². The van der Waals surface area contributed by atoms with Gasteiger partial charge in [0, 0.05) is 18.0 Å². The number of aromatic carboxylic acids is 1. The molecule has 0 spiro atoms. The molecule has 6 heteroatoms. The first-order valence-corrected chi connectivity index (χ1v) is 8.54. The lowest BCUT2D eigenvalue weighted by Crippen LogP contribution is -2.39. The maximum absolute atomic E-state index is 11.4. The highest BCUT2D eigenvalue weighted by Crippen LogP contribution is 2.39. The number of rotatable bonds is 3. The lowest BCUT2D eigenvalue weighted by Gasteiger charge is -2.14. The van der Waals surface area contributed by atoms with Crippen LogP contribution in [0.1, 0.15) is 47.5 Å². The zero-order chi connectivity index (χ0) is 17.7. The quantitative estimate of drug-likeness (QED) is 0.873. The molecule has 2 aliphatic rings. The molecular weight excluding hydrogens is 317 g/mol. The first kappa shape index (κ1) is 15.9. The minimum Gasteiger partial charge on any atom is -0.519 e. The Labute approximate surface area is 146 Å². The second-order valence-corrected chi connectivity index (χ2v) is 6.79. The van der Waals surface area contributed by atoms with Crippen molar-refractivity contribution in [3.05, 3.63) is 54.0 Å². The summed E-state index contributed by atoms with van der Waals surface area (Å²) in [6.45, 7) is 7.65. The van der Waals surface area contributed by atoms with Gasteiger partial charge in [0.2, 0.25) is 0 Å². The number of hydrogen-bond acceptors (Lipinski definition) is 3. The number of carboxylic acid groups (broad SMARTS) is 1. The fraction of sp³-hybridized carbons (Fsp3) is 0.316. The van der Waals surface area contributed by atoms with Crippen molar-refractivity contribution in [2.45, 2.75) is 31.6 Å². The Hall–Kier alpha value is -2.63. The van der Waals surface area contributed by atoms with E-state index in [-0.39, 0.29) is 5.56 Å². The van der Waals surface area contributed by atoms with Gasteiger partial charge in [0.15, 0.2) is 0 Å². The molecule has 1 aliphatic heterocycles. The van der Waals surface area contributed by atoms with Crippen LogP contribution in [0.25, 0.3) is 10.9 Å². The maximum atomic E-state index is 11.4. The van der Waals surface area contributed by atoms with Crippen LogP contribution in [-0.4, -0.2) is 22.8 Å². The van der Waals surface area contributed by atoms with Crippen molar-refractivity contribution in [1.82, 2.24) is 4.57 Å². The number of aryl methyl sites for hydroxylation is 1. The van der Waals surface area contributed by atoms with Gasteiger partial charge < -0.3 is 19.0 Å². The van der Waals surface area contributed by atoms with Gasteiger partial charge in [0.25, 0.3) is 0 Å². The molecule has 0 unspecified atom stereocenters. The van der Waals surface area contributed by atoms with Crippen molar-refractivity contribution in [2.24, 2.45) is 7.05 Å². The molecule has 2 fully saturated rings. The zero-order valence-corrected chi connectivity index (χ0v) is 14.2. The summed E-state index contributed by atoms with van der Waals surface area (Å²) < 4.78 is 13.6. The van der Waals surface area contributed by atoms with Crippen LogP contribution in [0.4, 0.5) is 0 Å². The molecule has 1 saturated carbocycles. The van der Waals surface area contributed by atoms with Crippen LogP contribution in [0.5, 0.6) is 0 Å². The predicted octanol–water partition coefficient (Wildman–Crippen LogP) is 3.30. The third-order valence-corrected chi connectivity index (χ3v) is 5.33. The van der Waals surface area contributed by atoms with Crippen LogP contribution in [0, 0.1) is 0 Å². The molecule has 1 aromatic heterocycles. The highest BCUT2D eigenvalue weighted by Gasteiger charge is 2.41. The van der Waals surface area contributed by atoms with Crippen molar-refractivity contribution >= 4 is 29.6 Å². The van der Waals surface area contributed by atoms with Crippen LogP contribution >= 0.6 is 0 Å². The van der Waals surface area contributed by atoms with E-state index in [0.29, 0.717) is 17.4 Å². The van der Waals surface area contributed by atoms with Crippen molar-refractivity contribution in [3.63, 3.8) is 0 Å². The van der Waals surface area contributed by atoms with E-state index in [1.807, 2.05) is 17.7 Å². The van der Waals surface area contributed by atoms with Gasteiger partial charge in [-0.2, -0.15) is 0 Å². The van der Waals surface area contributed by atoms with Crippen LogP contribution in [-0.2, 0) is 16.4 Å². The van der Waals surface area contributed by atoms with Gasteiger partial charge in [-0.3, -0.25) is 0 Å². The Morgan fingerprint density at radius 1 is 1.24 bits per heavy atom. The Balaban J connectivity index is 1.94. The third kappa shape index (κ3) is 2.44. The Bertz CT molecular complexity index is 892. The fourth-order valence-electron chi connectivity index (χ4n) is 4.07. The fourth-order valence-corrected chi connectivity index (χ4v) is 4.07. The highest BCUT2D eigenvalue weighted by atomic mass is 16.6. The molecule has 0 amide bonds. The zero-order valence-electron chi connectivity index (χ0n) is 14.2. The number of aromatic nitrogens is 1. The summed E-state index contributed by atoms with van der Waals surface area (Å²) >= 11 is 0. The summed E-state index contributed by atoms with van der Waals surface area (Å²) in [6, 6.07) is 5.30. The molecule has 2 aromatic rings. The summed E-state index contributed by atoms with van der Waals surface area (Å²) in [6.07, 6.45) is 4.67. The molecule has 4 rings (SSSR count). The smallest absolute Gasteiger partial charge is 0.519 e. The van der Waals surface area contributed by atoms with Crippen molar-refractivity contribution in [2.75, 3.05) is 0 Å². The summed E-state index contributed by atoms with van der Waals surface area (Å²) in [4.78, 5) is 11.4. The molecule has 0 bridgehead atoms. The molecule has 1 aromatic carbocycles. The van der Waals surface area contributed by atoms with Crippen molar-refractivity contribution in [3.8, 4) is 0 Å². The number of fused-ring (bicyclic) bond motifs is 1. The minimum atomic E-state index is -0.929. The molecule has 0 atom stereocenters. The van der Waals surface area contributed by atoms with Gasteiger partial charge >= 0.3 is 13.1 Å². The van der Waals surface area contributed by atoms with Gasteiger partial charge in [-0.15, -0.1) is 0 Å². The molecular formula is C19H20BNO4. The average molecular weight is 337 g/mol. The first-order valence-electron chi connectivity index (χ1n) is 8.54. The van der Waals surface area contributed by atoms with E-state index >= 15 is 0 Å². The predicted molar refractivity (Wildman–Crippen MR) is 96.9 cm³/mol. The average Bonchev–Trinajstić information content (AvgIpc) is 3.27. The van der Waals surface area contributed by atoms with E-state index in [0.717, 1.165) is 29.3 Å². The van der Waals surface area contributed by atoms with E-state index in [9.17, 15) is 9.90 Å². The molecule has 128 valence electrons. The summed E-state index contributed by atoms with van der Waals surface area (Å²) in [5, 5.41) is 10.4. The van der Waals surface area contributed by atoms with Gasteiger partial charge in [-0.25, -0.2) is 4.79 Å². The van der Waals surface area contributed by atoms with Crippen LogP contribution in [0.15, 0.2) is 42.9 Å². The van der Waals surface area contributed by atoms with Crippen LogP contribution in [0.3, 0.4) is 0 Å². The summed E-state index contributed by atoms with van der Waals surface area (Å²) in [7, 11) is 1.35. The molecule has 1 aliphatic carbocycles. The van der Waals surface area contributed by atoms with Crippen LogP contribution < -0.4 is 5.59 Å². The molecule has 5 nitrogen and oxygen atoms in total. The highest BCUT2D eigenvalue weighted by molar-refractivity contribution is 6.63. The monoisotopic (exact) mass is 337 g/mol. The molecule has 0 radical (unpaired) electrons. The van der Waals surface area contributed by atoms with E-state index < -0.39 is 13.1 Å². The number of benzene rings is 1. The maximum Gasteiger partial charge on any atom is 0.650 e. The van der Waals surface area contributed by atoms with Crippen LogP contribution in [0.2, 0.25) is 0 Å². The molecule has 1 N–H and O–H groups in total. The molecule has 25 heavy (non-hydrogen) atoms. The number of hydrogen-bond donors (Lipinski definition) is 1. The third-order valence-electron chi connectivity index (χ3n) is 5.33. The van der Waals surface area contributed by atoms with Gasteiger partial charge in [-0.05, 0) is 36.5 Å². The summed E-state index contributed by atoms with van der Waals surface area (Å²) in [5.41, 5.74) is 3.30. The van der Waals surface area contributed by atoms with Gasteiger partial charge in [-0.1, -0.05) is 32.1 Å². The van der Waals surface area contributed by atoms with Crippen molar-refractivity contribution < 1.29 is 19.2 Å².